The van der Waals surface area contributed by atoms with Crippen LogP contribution in [0.5, 0.6) is 11.5 Å². The minimum atomic E-state index is 0.389. The summed E-state index contributed by atoms with van der Waals surface area (Å²) in [5.74, 6) is 2.09. The number of nitrogens with zero attached hydrogens (tertiary/aromatic N) is 1. The average Bonchev–Trinajstić information content (AvgIpc) is 2.82. The Labute approximate surface area is 129 Å². The molecular formula is C15H23BrN2O2. The molecule has 1 fully saturated rings. The first-order valence-electron chi connectivity index (χ1n) is 6.84. The van der Waals surface area contributed by atoms with E-state index in [0.717, 1.165) is 35.5 Å². The maximum Gasteiger partial charge on any atom is 0.175 e. The van der Waals surface area contributed by atoms with Crippen LogP contribution in [0, 0.1) is 12.8 Å². The third-order valence-electron chi connectivity index (χ3n) is 4.22. The third-order valence-corrected chi connectivity index (χ3v) is 5.18. The summed E-state index contributed by atoms with van der Waals surface area (Å²) < 4.78 is 11.9. The molecule has 2 N–H and O–H groups in total. The van der Waals surface area contributed by atoms with Crippen LogP contribution in [0.25, 0.3) is 0 Å². The molecule has 1 heterocycles. The van der Waals surface area contributed by atoms with E-state index in [1.54, 1.807) is 14.2 Å². The number of nitrogens with two attached hydrogens (primary N) is 1. The minimum Gasteiger partial charge on any atom is -0.493 e. The Bertz CT molecular complexity index is 493. The number of hydrogen-bond donors (Lipinski definition) is 1. The second kappa shape index (κ2) is 6.33. The maximum absolute atomic E-state index is 5.83. The fourth-order valence-electron chi connectivity index (χ4n) is 3.05. The number of rotatable bonds is 4. The van der Waals surface area contributed by atoms with E-state index >= 15 is 0 Å². The zero-order valence-electron chi connectivity index (χ0n) is 12.6. The Morgan fingerprint density at radius 2 is 2.10 bits per heavy atom. The van der Waals surface area contributed by atoms with Gasteiger partial charge in [-0.15, -0.1) is 0 Å². The van der Waals surface area contributed by atoms with Crippen molar-refractivity contribution in [3.05, 3.63) is 21.7 Å². The van der Waals surface area contributed by atoms with Crippen LogP contribution in [0.15, 0.2) is 10.5 Å². The molecule has 0 radical (unpaired) electrons. The zero-order valence-corrected chi connectivity index (χ0v) is 14.2. The van der Waals surface area contributed by atoms with E-state index in [9.17, 15) is 0 Å². The molecule has 1 aliphatic rings. The van der Waals surface area contributed by atoms with Gasteiger partial charge in [-0.05, 0) is 66.0 Å². The molecule has 20 heavy (non-hydrogen) atoms. The average molecular weight is 343 g/mol. The van der Waals surface area contributed by atoms with Crippen molar-refractivity contribution in [2.75, 3.05) is 34.4 Å². The second-order valence-corrected chi connectivity index (χ2v) is 6.23. The van der Waals surface area contributed by atoms with Gasteiger partial charge in [-0.2, -0.15) is 0 Å². The van der Waals surface area contributed by atoms with Crippen LogP contribution in [0.3, 0.4) is 0 Å². The molecule has 1 aliphatic heterocycles. The lowest BCUT2D eigenvalue weighted by Gasteiger charge is -2.24. The van der Waals surface area contributed by atoms with Crippen molar-refractivity contribution < 1.29 is 9.47 Å². The van der Waals surface area contributed by atoms with Crippen LogP contribution in [-0.2, 0) is 0 Å². The predicted octanol–water partition coefficient (Wildman–Crippen LogP) is 2.73. The van der Waals surface area contributed by atoms with Crippen molar-refractivity contribution in [1.82, 2.24) is 4.90 Å². The summed E-state index contributed by atoms with van der Waals surface area (Å²) >= 11 is 3.63. The summed E-state index contributed by atoms with van der Waals surface area (Å²) in [6.45, 7) is 3.91. The molecule has 4 nitrogen and oxygen atoms in total. The van der Waals surface area contributed by atoms with E-state index in [-0.39, 0.29) is 0 Å². The van der Waals surface area contributed by atoms with Gasteiger partial charge >= 0.3 is 0 Å². The lowest BCUT2D eigenvalue weighted by atomic mass is 9.95. The SMILES string of the molecule is COc1cc(C2CC(CN)CN2C)c(C)c(Br)c1OC. The molecule has 5 heteroatoms. The maximum atomic E-state index is 5.83. The molecule has 1 aromatic rings. The van der Waals surface area contributed by atoms with Gasteiger partial charge < -0.3 is 15.2 Å². The van der Waals surface area contributed by atoms with Crippen molar-refractivity contribution in [3.8, 4) is 11.5 Å². The summed E-state index contributed by atoms with van der Waals surface area (Å²) in [5.41, 5.74) is 8.32. The highest BCUT2D eigenvalue weighted by atomic mass is 79.9. The number of halogens is 1. The fourth-order valence-corrected chi connectivity index (χ4v) is 3.63. The molecule has 0 bridgehead atoms. The number of benzene rings is 1. The zero-order chi connectivity index (χ0) is 14.9. The molecule has 0 aromatic heterocycles. The molecule has 1 saturated heterocycles. The molecule has 112 valence electrons. The van der Waals surface area contributed by atoms with Crippen molar-refractivity contribution in [2.45, 2.75) is 19.4 Å². The Morgan fingerprint density at radius 3 is 2.60 bits per heavy atom. The number of ether oxygens (including phenoxy) is 2. The van der Waals surface area contributed by atoms with Gasteiger partial charge in [-0.1, -0.05) is 0 Å². The Hall–Kier alpha value is -0.780. The molecular weight excluding hydrogens is 320 g/mol. The van der Waals surface area contributed by atoms with Gasteiger partial charge in [0.25, 0.3) is 0 Å². The number of methoxy groups -OCH3 is 2. The second-order valence-electron chi connectivity index (χ2n) is 5.43. The van der Waals surface area contributed by atoms with Gasteiger partial charge in [0.1, 0.15) is 0 Å². The fraction of sp³-hybridized carbons (Fsp3) is 0.600. The van der Waals surface area contributed by atoms with Crippen LogP contribution < -0.4 is 15.2 Å². The van der Waals surface area contributed by atoms with Gasteiger partial charge in [-0.3, -0.25) is 4.90 Å². The van der Waals surface area contributed by atoms with Crippen LogP contribution in [0.2, 0.25) is 0 Å². The Morgan fingerprint density at radius 1 is 1.40 bits per heavy atom. The van der Waals surface area contributed by atoms with Crippen molar-refractivity contribution in [3.63, 3.8) is 0 Å². The first-order valence-corrected chi connectivity index (χ1v) is 7.64. The van der Waals surface area contributed by atoms with Gasteiger partial charge in [0.2, 0.25) is 0 Å². The summed E-state index contributed by atoms with van der Waals surface area (Å²) in [6.07, 6.45) is 1.09. The van der Waals surface area contributed by atoms with Gasteiger partial charge in [-0.25, -0.2) is 0 Å². The first-order chi connectivity index (χ1) is 9.53. The van der Waals surface area contributed by atoms with Crippen LogP contribution >= 0.6 is 15.9 Å². The van der Waals surface area contributed by atoms with Crippen LogP contribution in [-0.4, -0.2) is 39.3 Å². The largest absolute Gasteiger partial charge is 0.493 e. The van der Waals surface area contributed by atoms with Crippen molar-refractivity contribution in [2.24, 2.45) is 11.7 Å². The summed E-state index contributed by atoms with van der Waals surface area (Å²) in [4.78, 5) is 2.37. The Balaban J connectivity index is 2.44. The lowest BCUT2D eigenvalue weighted by Crippen LogP contribution is -2.21. The highest BCUT2D eigenvalue weighted by molar-refractivity contribution is 9.10. The molecule has 0 spiro atoms. The monoisotopic (exact) mass is 342 g/mol. The summed E-state index contributed by atoms with van der Waals surface area (Å²) in [6, 6.07) is 2.48. The third kappa shape index (κ3) is 2.67. The molecule has 0 saturated carbocycles. The quantitative estimate of drug-likeness (QED) is 0.913. The smallest absolute Gasteiger partial charge is 0.175 e. The standard InChI is InChI=1S/C15H23BrN2O2/c1-9-11(12-5-10(7-17)8-18(12)2)6-13(19-3)15(20-4)14(9)16/h6,10,12H,5,7-8,17H2,1-4H3. The highest BCUT2D eigenvalue weighted by Gasteiger charge is 2.32. The van der Waals surface area contributed by atoms with E-state index in [0.29, 0.717) is 12.0 Å². The molecule has 2 unspecified atom stereocenters. The van der Waals surface area contributed by atoms with Crippen molar-refractivity contribution >= 4 is 15.9 Å². The van der Waals surface area contributed by atoms with Crippen molar-refractivity contribution in [1.29, 1.82) is 0 Å². The topological polar surface area (TPSA) is 47.7 Å². The molecule has 2 atom stereocenters. The molecule has 0 amide bonds. The van der Waals surface area contributed by atoms with E-state index < -0.39 is 0 Å². The van der Waals surface area contributed by atoms with Gasteiger partial charge in [0.05, 0.1) is 18.7 Å². The lowest BCUT2D eigenvalue weighted by molar-refractivity contribution is 0.309. The molecule has 0 aliphatic carbocycles. The number of hydrogen-bond acceptors (Lipinski definition) is 4. The normalized spacial score (nSPS) is 23.1. The minimum absolute atomic E-state index is 0.389. The number of likely N-dealkylation sites (tertiary alicyclic amines) is 1. The van der Waals surface area contributed by atoms with Crippen LogP contribution in [0.4, 0.5) is 0 Å². The Kier molecular flexibility index (Phi) is 4.94. The predicted molar refractivity (Wildman–Crippen MR) is 84.5 cm³/mol. The van der Waals surface area contributed by atoms with E-state index in [1.807, 2.05) is 0 Å². The van der Waals surface area contributed by atoms with E-state index in [4.69, 9.17) is 15.2 Å². The summed E-state index contributed by atoms with van der Waals surface area (Å²) in [7, 11) is 5.49. The summed E-state index contributed by atoms with van der Waals surface area (Å²) in [5, 5.41) is 0. The highest BCUT2D eigenvalue weighted by Crippen LogP contribution is 2.44. The van der Waals surface area contributed by atoms with Gasteiger partial charge in [0.15, 0.2) is 11.5 Å². The van der Waals surface area contributed by atoms with E-state index in [2.05, 4.69) is 40.9 Å². The molecule has 1 aromatic carbocycles. The van der Waals surface area contributed by atoms with E-state index in [1.165, 1.54) is 11.1 Å². The first kappa shape index (κ1) is 15.6. The van der Waals surface area contributed by atoms with Crippen LogP contribution in [0.1, 0.15) is 23.6 Å². The van der Waals surface area contributed by atoms with Gasteiger partial charge in [0, 0.05) is 12.6 Å². The molecule has 2 rings (SSSR count).